The fourth-order valence-corrected chi connectivity index (χ4v) is 2.69. The van der Waals surface area contributed by atoms with E-state index < -0.39 is 11.2 Å². The van der Waals surface area contributed by atoms with Crippen LogP contribution < -0.4 is 0 Å². The van der Waals surface area contributed by atoms with Crippen molar-refractivity contribution >= 4 is 29.1 Å². The minimum atomic E-state index is -0.833. The lowest BCUT2D eigenvalue weighted by molar-refractivity contribution is -0.136. The highest BCUT2D eigenvalue weighted by molar-refractivity contribution is 8.00. The maximum atomic E-state index is 10.9. The Hall–Kier alpha value is -1.34. The van der Waals surface area contributed by atoms with Gasteiger partial charge in [0.15, 0.2) is 5.82 Å². The van der Waals surface area contributed by atoms with E-state index in [1.165, 1.54) is 11.8 Å². The third-order valence-corrected chi connectivity index (χ3v) is 4.20. The largest absolute Gasteiger partial charge is 0.480 e. The van der Waals surface area contributed by atoms with Gasteiger partial charge in [-0.15, -0.1) is 16.4 Å². The summed E-state index contributed by atoms with van der Waals surface area (Å²) >= 11 is 2.73. The van der Waals surface area contributed by atoms with Crippen molar-refractivity contribution in [2.24, 2.45) is 0 Å². The molecule has 0 radical (unpaired) electrons. The van der Waals surface area contributed by atoms with Gasteiger partial charge < -0.3 is 5.11 Å². The highest BCUT2D eigenvalue weighted by atomic mass is 32.2. The maximum absolute atomic E-state index is 10.9. The van der Waals surface area contributed by atoms with Crippen molar-refractivity contribution < 1.29 is 9.90 Å². The number of nitrogens with zero attached hydrogens (tertiary/aromatic N) is 2. The summed E-state index contributed by atoms with van der Waals surface area (Å²) in [4.78, 5) is 16.1. The molecule has 2 aromatic rings. The topological polar surface area (TPSA) is 78.9 Å². The molecule has 0 aliphatic carbocycles. The highest BCUT2D eigenvalue weighted by Gasteiger charge is 2.19. The first kappa shape index (κ1) is 12.1. The van der Waals surface area contributed by atoms with Crippen molar-refractivity contribution in [2.75, 3.05) is 0 Å². The van der Waals surface area contributed by atoms with Crippen LogP contribution in [-0.2, 0) is 4.79 Å². The number of H-pyrrole nitrogens is 1. The maximum Gasteiger partial charge on any atom is 0.317 e. The molecule has 0 amide bonds. The number of hydrogen-bond donors (Lipinski definition) is 2. The molecular weight excluding hydrogens is 258 g/mol. The summed E-state index contributed by atoms with van der Waals surface area (Å²) in [5.74, 6) is -0.150. The second kappa shape index (κ2) is 5.33. The molecule has 0 unspecified atom stereocenters. The molecule has 7 heteroatoms. The van der Waals surface area contributed by atoms with Gasteiger partial charge in [-0.1, -0.05) is 24.8 Å². The van der Waals surface area contributed by atoms with Gasteiger partial charge in [-0.3, -0.25) is 9.89 Å². The fraction of sp³-hybridized carbons (Fsp3) is 0.300. The number of aromatic nitrogens is 3. The van der Waals surface area contributed by atoms with E-state index in [2.05, 4.69) is 15.2 Å². The molecule has 17 heavy (non-hydrogen) atoms. The Morgan fingerprint density at radius 2 is 2.53 bits per heavy atom. The molecule has 0 spiro atoms. The number of aromatic amines is 1. The lowest BCUT2D eigenvalue weighted by Gasteiger charge is -2.04. The molecule has 0 aromatic carbocycles. The Kier molecular flexibility index (Phi) is 3.80. The number of thioether (sulfide) groups is 1. The summed E-state index contributed by atoms with van der Waals surface area (Å²) < 4.78 is 0. The molecular formula is C10H11N3O2S2. The Bertz CT molecular complexity index is 495. The van der Waals surface area contributed by atoms with Gasteiger partial charge in [0.05, 0.1) is 4.88 Å². The molecule has 0 aliphatic rings. The second-order valence-corrected chi connectivity index (χ2v) is 5.41. The average molecular weight is 269 g/mol. The Morgan fingerprint density at radius 3 is 3.12 bits per heavy atom. The zero-order valence-corrected chi connectivity index (χ0v) is 10.7. The molecule has 2 heterocycles. The fourth-order valence-electron chi connectivity index (χ4n) is 1.26. The quantitative estimate of drug-likeness (QED) is 0.815. The summed E-state index contributed by atoms with van der Waals surface area (Å²) in [6.07, 6.45) is 0.545. The van der Waals surface area contributed by atoms with E-state index in [1.807, 2.05) is 24.4 Å². The molecule has 1 atom stereocenters. The van der Waals surface area contributed by atoms with E-state index in [4.69, 9.17) is 5.11 Å². The lowest BCUT2D eigenvalue weighted by Crippen LogP contribution is -2.14. The molecule has 0 fully saturated rings. The number of carboxylic acid groups (broad SMARTS) is 1. The number of carbonyl (C=O) groups is 1. The Balaban J connectivity index is 2.11. The second-order valence-electron chi connectivity index (χ2n) is 3.30. The van der Waals surface area contributed by atoms with Gasteiger partial charge in [0.1, 0.15) is 5.25 Å². The van der Waals surface area contributed by atoms with Crippen molar-refractivity contribution in [3.63, 3.8) is 0 Å². The summed E-state index contributed by atoms with van der Waals surface area (Å²) in [6.45, 7) is 1.83. The smallest absolute Gasteiger partial charge is 0.317 e. The summed E-state index contributed by atoms with van der Waals surface area (Å²) in [7, 11) is 0. The van der Waals surface area contributed by atoms with E-state index in [1.54, 1.807) is 11.3 Å². The number of nitrogens with one attached hydrogen (secondary N) is 1. The number of rotatable bonds is 5. The van der Waals surface area contributed by atoms with Gasteiger partial charge in [-0.25, -0.2) is 4.98 Å². The minimum Gasteiger partial charge on any atom is -0.480 e. The molecule has 0 saturated heterocycles. The number of thiophene rings is 1. The van der Waals surface area contributed by atoms with Crippen LogP contribution in [0.3, 0.4) is 0 Å². The minimum absolute atomic E-state index is 0.475. The van der Waals surface area contributed by atoms with Crippen molar-refractivity contribution in [3.8, 4) is 10.7 Å². The normalized spacial score (nSPS) is 12.5. The predicted octanol–water partition coefficient (Wildman–Crippen LogP) is 2.49. The Labute approximate surface area is 106 Å². The summed E-state index contributed by atoms with van der Waals surface area (Å²) in [6, 6.07) is 3.87. The SMILES string of the molecule is CC[C@@H](Sc1n[nH]c(-c2cccs2)n1)C(=O)O. The number of hydrogen-bond acceptors (Lipinski definition) is 5. The van der Waals surface area contributed by atoms with Gasteiger partial charge in [0.25, 0.3) is 0 Å². The van der Waals surface area contributed by atoms with Crippen LogP contribution in [0.15, 0.2) is 22.7 Å². The van der Waals surface area contributed by atoms with E-state index in [-0.39, 0.29) is 0 Å². The highest BCUT2D eigenvalue weighted by Crippen LogP contribution is 2.26. The van der Waals surface area contributed by atoms with E-state index in [0.29, 0.717) is 17.4 Å². The Morgan fingerprint density at radius 1 is 1.71 bits per heavy atom. The van der Waals surface area contributed by atoms with Crippen LogP contribution in [0.1, 0.15) is 13.3 Å². The van der Waals surface area contributed by atoms with Crippen LogP contribution in [0.2, 0.25) is 0 Å². The van der Waals surface area contributed by atoms with Crippen molar-refractivity contribution in [1.29, 1.82) is 0 Å². The monoisotopic (exact) mass is 269 g/mol. The summed E-state index contributed by atoms with van der Waals surface area (Å²) in [5.41, 5.74) is 0. The molecule has 2 rings (SSSR count). The molecule has 2 aromatic heterocycles. The molecule has 90 valence electrons. The molecule has 2 N–H and O–H groups in total. The van der Waals surface area contributed by atoms with E-state index >= 15 is 0 Å². The van der Waals surface area contributed by atoms with Crippen molar-refractivity contribution in [2.45, 2.75) is 23.8 Å². The molecule has 0 bridgehead atoms. The predicted molar refractivity (Wildman–Crippen MR) is 67.3 cm³/mol. The van der Waals surface area contributed by atoms with Gasteiger partial charge in [0, 0.05) is 0 Å². The molecule has 5 nitrogen and oxygen atoms in total. The van der Waals surface area contributed by atoms with Crippen LogP contribution >= 0.6 is 23.1 Å². The first-order valence-corrected chi connectivity index (χ1v) is 6.82. The van der Waals surface area contributed by atoms with Crippen LogP contribution in [-0.4, -0.2) is 31.5 Å². The van der Waals surface area contributed by atoms with Gasteiger partial charge in [0.2, 0.25) is 5.16 Å². The average Bonchev–Trinajstić information content (AvgIpc) is 2.95. The first-order chi connectivity index (χ1) is 8.20. The lowest BCUT2D eigenvalue weighted by atomic mass is 10.3. The first-order valence-electron chi connectivity index (χ1n) is 5.06. The third kappa shape index (κ3) is 2.86. The van der Waals surface area contributed by atoms with E-state index in [9.17, 15) is 4.79 Å². The van der Waals surface area contributed by atoms with Crippen LogP contribution in [0.4, 0.5) is 0 Å². The van der Waals surface area contributed by atoms with Crippen molar-refractivity contribution in [3.05, 3.63) is 17.5 Å². The molecule has 0 saturated carbocycles. The van der Waals surface area contributed by atoms with E-state index in [0.717, 1.165) is 4.88 Å². The third-order valence-electron chi connectivity index (χ3n) is 2.11. The van der Waals surface area contributed by atoms with Crippen LogP contribution in [0, 0.1) is 0 Å². The zero-order valence-electron chi connectivity index (χ0n) is 9.08. The zero-order chi connectivity index (χ0) is 12.3. The van der Waals surface area contributed by atoms with Crippen LogP contribution in [0.5, 0.6) is 0 Å². The number of aliphatic carboxylic acids is 1. The summed E-state index contributed by atoms with van der Waals surface area (Å²) in [5, 5.41) is 17.7. The van der Waals surface area contributed by atoms with Gasteiger partial charge >= 0.3 is 5.97 Å². The van der Waals surface area contributed by atoms with Gasteiger partial charge in [-0.2, -0.15) is 0 Å². The number of carboxylic acids is 1. The van der Waals surface area contributed by atoms with Gasteiger partial charge in [-0.05, 0) is 17.9 Å². The molecule has 0 aliphatic heterocycles. The van der Waals surface area contributed by atoms with Crippen LogP contribution in [0.25, 0.3) is 10.7 Å². The van der Waals surface area contributed by atoms with Crippen molar-refractivity contribution in [1.82, 2.24) is 15.2 Å². The standard InChI is InChI=1S/C10H11N3O2S2/c1-2-6(9(14)15)17-10-11-8(12-13-10)7-4-3-5-16-7/h3-6H,2H2,1H3,(H,14,15)(H,11,12,13)/t6-/m1/s1.